The molecule has 2 unspecified atom stereocenters. The molecule has 2 atom stereocenters. The van der Waals surface area contributed by atoms with Gasteiger partial charge in [-0.15, -0.1) is 0 Å². The molecule has 0 aromatic heterocycles. The number of nitro groups is 1. The first-order valence-corrected chi connectivity index (χ1v) is 7.21. The molecule has 2 rings (SSSR count). The Balaban J connectivity index is 2.22. The van der Waals surface area contributed by atoms with Gasteiger partial charge >= 0.3 is 0 Å². The zero-order valence-electron chi connectivity index (χ0n) is 9.01. The second kappa shape index (κ2) is 5.37. The van der Waals surface area contributed by atoms with Crippen LogP contribution in [0.2, 0.25) is 0 Å². The molecule has 1 saturated heterocycles. The van der Waals surface area contributed by atoms with Crippen molar-refractivity contribution in [3.05, 3.63) is 38.3 Å². The number of hydrogen-bond acceptors (Lipinski definition) is 4. The predicted octanol–water partition coefficient (Wildman–Crippen LogP) is 2.62. The Kier molecular flexibility index (Phi) is 4.06. The van der Waals surface area contributed by atoms with E-state index in [0.29, 0.717) is 16.5 Å². The summed E-state index contributed by atoms with van der Waals surface area (Å²) in [4.78, 5) is 10.6. The maximum Gasteiger partial charge on any atom is 0.273 e. The molecule has 4 nitrogen and oxygen atoms in total. The highest BCUT2D eigenvalue weighted by atomic mass is 79.9. The van der Waals surface area contributed by atoms with Crippen LogP contribution < -0.4 is 0 Å². The summed E-state index contributed by atoms with van der Waals surface area (Å²) in [6, 6.07) is 5.08. The van der Waals surface area contributed by atoms with Gasteiger partial charge in [-0.1, -0.05) is 22.0 Å². The maximum absolute atomic E-state index is 10.9. The van der Waals surface area contributed by atoms with Gasteiger partial charge in [-0.25, -0.2) is 0 Å². The Labute approximate surface area is 112 Å². The van der Waals surface area contributed by atoms with E-state index in [1.54, 1.807) is 23.9 Å². The van der Waals surface area contributed by atoms with Gasteiger partial charge in [0.2, 0.25) is 0 Å². The van der Waals surface area contributed by atoms with Crippen LogP contribution in [0.5, 0.6) is 0 Å². The second-order valence-electron chi connectivity index (χ2n) is 4.10. The third-order valence-corrected chi connectivity index (χ3v) is 4.63. The summed E-state index contributed by atoms with van der Waals surface area (Å²) >= 11 is 4.93. The molecular formula is C11H12BrNO3S. The Morgan fingerprint density at radius 1 is 1.53 bits per heavy atom. The van der Waals surface area contributed by atoms with E-state index in [1.807, 2.05) is 0 Å². The van der Waals surface area contributed by atoms with Crippen LogP contribution >= 0.6 is 27.7 Å². The summed E-state index contributed by atoms with van der Waals surface area (Å²) < 4.78 is 0.703. The van der Waals surface area contributed by atoms with Crippen LogP contribution in [0.25, 0.3) is 0 Å². The highest BCUT2D eigenvalue weighted by Gasteiger charge is 2.28. The van der Waals surface area contributed by atoms with Gasteiger partial charge in [0.1, 0.15) is 0 Å². The number of halogens is 1. The van der Waals surface area contributed by atoms with Crippen LogP contribution in [0.1, 0.15) is 5.56 Å². The molecule has 6 heteroatoms. The van der Waals surface area contributed by atoms with Crippen LogP contribution in [-0.2, 0) is 6.42 Å². The van der Waals surface area contributed by atoms with Gasteiger partial charge in [-0.3, -0.25) is 10.1 Å². The topological polar surface area (TPSA) is 63.4 Å². The van der Waals surface area contributed by atoms with Crippen molar-refractivity contribution < 1.29 is 10.0 Å². The van der Waals surface area contributed by atoms with E-state index in [9.17, 15) is 15.2 Å². The first kappa shape index (κ1) is 12.9. The minimum Gasteiger partial charge on any atom is -0.392 e. The van der Waals surface area contributed by atoms with Gasteiger partial charge in [0.25, 0.3) is 5.69 Å². The van der Waals surface area contributed by atoms with Crippen molar-refractivity contribution in [2.24, 2.45) is 5.92 Å². The minimum atomic E-state index is -0.366. The number of rotatable bonds is 3. The van der Waals surface area contributed by atoms with E-state index in [0.717, 1.165) is 11.5 Å². The standard InChI is InChI=1S/C11H12BrNO3S/c12-9-2-1-7(10(4-9)13(15)16)3-8-5-17-6-11(8)14/h1-2,4,8,11,14H,3,5-6H2. The van der Waals surface area contributed by atoms with Gasteiger partial charge in [-0.2, -0.15) is 11.8 Å². The van der Waals surface area contributed by atoms with Crippen molar-refractivity contribution in [2.75, 3.05) is 11.5 Å². The molecule has 1 fully saturated rings. The smallest absolute Gasteiger partial charge is 0.273 e. The molecule has 0 saturated carbocycles. The second-order valence-corrected chi connectivity index (χ2v) is 6.09. The summed E-state index contributed by atoms with van der Waals surface area (Å²) in [6.07, 6.45) is 0.223. The Hall–Kier alpha value is -0.590. The fourth-order valence-electron chi connectivity index (χ4n) is 1.94. The van der Waals surface area contributed by atoms with Crippen LogP contribution in [0.3, 0.4) is 0 Å². The number of aliphatic hydroxyl groups is 1. The van der Waals surface area contributed by atoms with E-state index in [-0.39, 0.29) is 22.6 Å². The zero-order valence-corrected chi connectivity index (χ0v) is 11.4. The van der Waals surface area contributed by atoms with Crippen molar-refractivity contribution >= 4 is 33.4 Å². The molecule has 1 aliphatic heterocycles. The van der Waals surface area contributed by atoms with Crippen LogP contribution in [0, 0.1) is 16.0 Å². The molecule has 1 N–H and O–H groups in total. The van der Waals surface area contributed by atoms with Crippen LogP contribution in [-0.4, -0.2) is 27.6 Å². The highest BCUT2D eigenvalue weighted by molar-refractivity contribution is 9.10. The number of nitro benzene ring substituents is 1. The lowest BCUT2D eigenvalue weighted by Crippen LogP contribution is -2.20. The van der Waals surface area contributed by atoms with Crippen LogP contribution in [0.4, 0.5) is 5.69 Å². The van der Waals surface area contributed by atoms with E-state index in [1.165, 1.54) is 6.07 Å². The van der Waals surface area contributed by atoms with Crippen LogP contribution in [0.15, 0.2) is 22.7 Å². The number of nitrogens with zero attached hydrogens (tertiary/aromatic N) is 1. The fourth-order valence-corrected chi connectivity index (χ4v) is 3.59. The molecule has 1 aliphatic rings. The van der Waals surface area contributed by atoms with E-state index in [2.05, 4.69) is 15.9 Å². The SMILES string of the molecule is O=[N+]([O-])c1cc(Br)ccc1CC1CSCC1O. The summed E-state index contributed by atoms with van der Waals surface area (Å²) in [5, 5.41) is 20.7. The van der Waals surface area contributed by atoms with E-state index >= 15 is 0 Å². The molecule has 0 bridgehead atoms. The van der Waals surface area contributed by atoms with Crippen molar-refractivity contribution in [2.45, 2.75) is 12.5 Å². The first-order valence-electron chi connectivity index (χ1n) is 5.26. The average Bonchev–Trinajstić information content (AvgIpc) is 2.67. The molecule has 0 radical (unpaired) electrons. The van der Waals surface area contributed by atoms with Crippen molar-refractivity contribution in [3.8, 4) is 0 Å². The van der Waals surface area contributed by atoms with Gasteiger partial charge in [0.15, 0.2) is 0 Å². The third-order valence-electron chi connectivity index (χ3n) is 2.89. The lowest BCUT2D eigenvalue weighted by atomic mass is 9.96. The highest BCUT2D eigenvalue weighted by Crippen LogP contribution is 2.31. The Morgan fingerprint density at radius 3 is 2.88 bits per heavy atom. The number of benzene rings is 1. The van der Waals surface area contributed by atoms with Gasteiger partial charge < -0.3 is 5.11 Å². The summed E-state index contributed by atoms with van der Waals surface area (Å²) in [6.45, 7) is 0. The molecule has 1 aromatic rings. The monoisotopic (exact) mass is 317 g/mol. The maximum atomic E-state index is 10.9. The molecular weight excluding hydrogens is 306 g/mol. The summed E-state index contributed by atoms with van der Waals surface area (Å²) in [5.41, 5.74) is 0.827. The lowest BCUT2D eigenvalue weighted by Gasteiger charge is -2.13. The minimum absolute atomic E-state index is 0.125. The van der Waals surface area contributed by atoms with Crippen molar-refractivity contribution in [1.82, 2.24) is 0 Å². The van der Waals surface area contributed by atoms with Gasteiger partial charge in [-0.05, 0) is 24.2 Å². The molecule has 92 valence electrons. The van der Waals surface area contributed by atoms with E-state index in [4.69, 9.17) is 0 Å². The van der Waals surface area contributed by atoms with Crippen molar-refractivity contribution in [1.29, 1.82) is 0 Å². The normalized spacial score (nSPS) is 23.9. The molecule has 0 aliphatic carbocycles. The number of aliphatic hydroxyl groups excluding tert-OH is 1. The summed E-state index contributed by atoms with van der Waals surface area (Å²) in [5.74, 6) is 1.73. The quantitative estimate of drug-likeness (QED) is 0.687. The summed E-state index contributed by atoms with van der Waals surface area (Å²) in [7, 11) is 0. The third kappa shape index (κ3) is 3.00. The Morgan fingerprint density at radius 2 is 2.29 bits per heavy atom. The number of thioether (sulfide) groups is 1. The zero-order chi connectivity index (χ0) is 12.4. The Bertz CT molecular complexity index is 441. The molecule has 17 heavy (non-hydrogen) atoms. The fraction of sp³-hybridized carbons (Fsp3) is 0.455. The molecule has 1 heterocycles. The first-order chi connectivity index (χ1) is 8.08. The molecule has 0 amide bonds. The lowest BCUT2D eigenvalue weighted by molar-refractivity contribution is -0.385. The number of hydrogen-bond donors (Lipinski definition) is 1. The average molecular weight is 318 g/mol. The molecule has 1 aromatic carbocycles. The largest absolute Gasteiger partial charge is 0.392 e. The van der Waals surface area contributed by atoms with Gasteiger partial charge in [0, 0.05) is 21.9 Å². The predicted molar refractivity (Wildman–Crippen MR) is 71.3 cm³/mol. The van der Waals surface area contributed by atoms with Gasteiger partial charge in [0.05, 0.1) is 11.0 Å². The van der Waals surface area contributed by atoms with Crippen molar-refractivity contribution in [3.63, 3.8) is 0 Å². The molecule has 0 spiro atoms. The van der Waals surface area contributed by atoms with E-state index < -0.39 is 0 Å².